The summed E-state index contributed by atoms with van der Waals surface area (Å²) in [5.41, 5.74) is 0.178. The lowest BCUT2D eigenvalue weighted by molar-refractivity contribution is 0.0534. The van der Waals surface area contributed by atoms with E-state index in [1.807, 2.05) is 13.8 Å². The Balaban J connectivity index is 3.05. The molecule has 0 aliphatic rings. The minimum atomic E-state index is -1.39. The molecule has 0 aliphatic heterocycles. The topological polar surface area (TPSA) is 101 Å². The van der Waals surface area contributed by atoms with Crippen molar-refractivity contribution in [3.8, 4) is 0 Å². The number of carbonyl (C=O) groups excluding carboxylic acids is 1. The fourth-order valence-electron chi connectivity index (χ4n) is 1.39. The fourth-order valence-corrected chi connectivity index (χ4v) is 1.39. The van der Waals surface area contributed by atoms with Crippen molar-refractivity contribution in [2.45, 2.75) is 13.8 Å². The van der Waals surface area contributed by atoms with Crippen LogP contribution in [0, 0.1) is 0 Å². The highest BCUT2D eigenvalue weighted by atomic mass is 16.5. The maximum absolute atomic E-state index is 11.8. The maximum atomic E-state index is 11.8. The molecule has 0 bridgehead atoms. The van der Waals surface area contributed by atoms with Crippen molar-refractivity contribution in [3.63, 3.8) is 0 Å². The molecule has 0 saturated carbocycles. The van der Waals surface area contributed by atoms with Gasteiger partial charge in [0.2, 0.25) is 0 Å². The smallest absolute Gasteiger partial charge is 0.339 e. The van der Waals surface area contributed by atoms with Crippen LogP contribution in [0.1, 0.15) is 44.9 Å². The van der Waals surface area contributed by atoms with Crippen LogP contribution in [-0.2, 0) is 4.74 Å². The number of rotatable bonds is 5. The Labute approximate surface area is 115 Å². The van der Waals surface area contributed by atoms with Crippen molar-refractivity contribution in [2.24, 2.45) is 0 Å². The summed E-state index contributed by atoms with van der Waals surface area (Å²) in [6.07, 6.45) is 1.67. The van der Waals surface area contributed by atoms with Crippen LogP contribution in [0.4, 0.5) is 0 Å². The largest absolute Gasteiger partial charge is 0.478 e. The average Bonchev–Trinajstić information content (AvgIpc) is 2.37. The van der Waals surface area contributed by atoms with Crippen molar-refractivity contribution < 1.29 is 29.3 Å². The molecule has 0 heterocycles. The number of benzene rings is 1. The van der Waals surface area contributed by atoms with Gasteiger partial charge in [-0.15, -0.1) is 0 Å². The number of esters is 1. The number of ether oxygens (including phenoxy) is 1. The number of allylic oxidation sites excluding steroid dienone is 1. The molecule has 106 valence electrons. The van der Waals surface area contributed by atoms with Crippen LogP contribution in [0.2, 0.25) is 0 Å². The van der Waals surface area contributed by atoms with Crippen LogP contribution in [0.5, 0.6) is 0 Å². The molecular formula is C14H14O6. The lowest BCUT2D eigenvalue weighted by atomic mass is 10.0. The van der Waals surface area contributed by atoms with E-state index in [2.05, 4.69) is 0 Å². The third-order valence-electron chi connectivity index (χ3n) is 2.42. The highest BCUT2D eigenvalue weighted by molar-refractivity contribution is 6.04. The van der Waals surface area contributed by atoms with Crippen LogP contribution < -0.4 is 0 Å². The summed E-state index contributed by atoms with van der Waals surface area (Å²) in [6.45, 7) is 3.69. The van der Waals surface area contributed by atoms with Gasteiger partial charge >= 0.3 is 17.9 Å². The molecule has 6 heteroatoms. The number of hydrogen-bond acceptors (Lipinski definition) is 4. The third-order valence-corrected chi connectivity index (χ3v) is 2.42. The molecule has 1 aromatic carbocycles. The lowest BCUT2D eigenvalue weighted by Crippen LogP contribution is -2.13. The summed E-state index contributed by atoms with van der Waals surface area (Å²) < 4.78 is 4.90. The van der Waals surface area contributed by atoms with Crippen LogP contribution >= 0.6 is 0 Å². The zero-order valence-electron chi connectivity index (χ0n) is 11.0. The van der Waals surface area contributed by atoms with Gasteiger partial charge in [-0.2, -0.15) is 0 Å². The summed E-state index contributed by atoms with van der Waals surface area (Å²) >= 11 is 0. The predicted octanol–water partition coefficient (Wildman–Crippen LogP) is 2.21. The molecule has 2 N–H and O–H groups in total. The van der Waals surface area contributed by atoms with Crippen LogP contribution in [0.3, 0.4) is 0 Å². The van der Waals surface area contributed by atoms with E-state index >= 15 is 0 Å². The molecule has 0 atom stereocenters. The molecule has 0 unspecified atom stereocenters. The average molecular weight is 278 g/mol. The number of aromatic carboxylic acids is 2. The standard InChI is InChI=1S/C14H14O6/c1-8(2)5-6-20-14(19)10-4-3-9(12(15)16)7-11(10)13(17)18/h3-5,7H,6H2,1-2H3,(H,15,16)(H,17,18). The Bertz CT molecular complexity index is 581. The van der Waals surface area contributed by atoms with E-state index in [9.17, 15) is 14.4 Å². The molecule has 0 spiro atoms. The molecule has 0 aliphatic carbocycles. The second-order valence-corrected chi connectivity index (χ2v) is 4.25. The highest BCUT2D eigenvalue weighted by Gasteiger charge is 2.19. The van der Waals surface area contributed by atoms with Crippen molar-refractivity contribution in [1.82, 2.24) is 0 Å². The molecular weight excluding hydrogens is 264 g/mol. The monoisotopic (exact) mass is 278 g/mol. The molecule has 1 rings (SSSR count). The second-order valence-electron chi connectivity index (χ2n) is 4.25. The fraction of sp³-hybridized carbons (Fsp3) is 0.214. The first-order valence-electron chi connectivity index (χ1n) is 5.74. The molecule has 20 heavy (non-hydrogen) atoms. The van der Waals surface area contributed by atoms with Crippen molar-refractivity contribution >= 4 is 17.9 Å². The Morgan fingerprint density at radius 1 is 1.10 bits per heavy atom. The van der Waals surface area contributed by atoms with E-state index in [0.717, 1.165) is 23.8 Å². The Hall–Kier alpha value is -2.63. The summed E-state index contributed by atoms with van der Waals surface area (Å²) in [6, 6.07) is 3.23. The van der Waals surface area contributed by atoms with Crippen molar-refractivity contribution in [2.75, 3.05) is 6.61 Å². The van der Waals surface area contributed by atoms with Gasteiger partial charge in [0, 0.05) is 0 Å². The van der Waals surface area contributed by atoms with Crippen molar-refractivity contribution in [3.05, 3.63) is 46.5 Å². The first-order valence-corrected chi connectivity index (χ1v) is 5.74. The first kappa shape index (κ1) is 15.4. The van der Waals surface area contributed by atoms with E-state index in [1.54, 1.807) is 6.08 Å². The lowest BCUT2D eigenvalue weighted by Gasteiger charge is -2.07. The summed E-state index contributed by atoms with van der Waals surface area (Å²) in [4.78, 5) is 33.6. The number of carboxylic acid groups (broad SMARTS) is 2. The van der Waals surface area contributed by atoms with Crippen LogP contribution in [0.15, 0.2) is 29.8 Å². The van der Waals surface area contributed by atoms with E-state index in [1.165, 1.54) is 0 Å². The second kappa shape index (κ2) is 6.51. The minimum absolute atomic E-state index is 0.0287. The van der Waals surface area contributed by atoms with Gasteiger partial charge in [-0.3, -0.25) is 0 Å². The van der Waals surface area contributed by atoms with Crippen molar-refractivity contribution in [1.29, 1.82) is 0 Å². The Kier molecular flexibility index (Phi) is 5.02. The van der Waals surface area contributed by atoms with Gasteiger partial charge in [-0.25, -0.2) is 14.4 Å². The number of carboxylic acids is 2. The highest BCUT2D eigenvalue weighted by Crippen LogP contribution is 2.14. The van der Waals surface area contributed by atoms with Gasteiger partial charge in [0.05, 0.1) is 16.7 Å². The van der Waals surface area contributed by atoms with Gasteiger partial charge in [0.1, 0.15) is 6.61 Å². The van der Waals surface area contributed by atoms with Crippen LogP contribution in [0.25, 0.3) is 0 Å². The molecule has 0 aromatic heterocycles. The van der Waals surface area contributed by atoms with Gasteiger partial charge in [-0.1, -0.05) is 5.57 Å². The van der Waals surface area contributed by atoms with E-state index in [0.29, 0.717) is 0 Å². The van der Waals surface area contributed by atoms with Gasteiger partial charge in [0.15, 0.2) is 0 Å². The van der Waals surface area contributed by atoms with Crippen LogP contribution in [-0.4, -0.2) is 34.7 Å². The maximum Gasteiger partial charge on any atom is 0.339 e. The molecule has 6 nitrogen and oxygen atoms in total. The number of hydrogen-bond donors (Lipinski definition) is 2. The molecule has 0 radical (unpaired) electrons. The third kappa shape index (κ3) is 3.94. The molecule has 0 fully saturated rings. The normalized spacial score (nSPS) is 9.70. The van der Waals surface area contributed by atoms with Gasteiger partial charge in [-0.05, 0) is 38.1 Å². The zero-order chi connectivity index (χ0) is 15.3. The SMILES string of the molecule is CC(C)=CCOC(=O)c1ccc(C(=O)O)cc1C(=O)O. The molecule has 1 aromatic rings. The van der Waals surface area contributed by atoms with E-state index in [4.69, 9.17) is 14.9 Å². The zero-order valence-corrected chi connectivity index (χ0v) is 11.0. The Morgan fingerprint density at radius 2 is 1.75 bits per heavy atom. The number of carbonyl (C=O) groups is 3. The van der Waals surface area contributed by atoms with E-state index < -0.39 is 23.5 Å². The minimum Gasteiger partial charge on any atom is -0.478 e. The summed E-state index contributed by atoms with van der Waals surface area (Å²) in [7, 11) is 0. The molecule has 0 saturated heterocycles. The molecule has 0 amide bonds. The quantitative estimate of drug-likeness (QED) is 0.632. The predicted molar refractivity (Wildman–Crippen MR) is 70.1 cm³/mol. The first-order chi connectivity index (χ1) is 9.32. The van der Waals surface area contributed by atoms with E-state index in [-0.39, 0.29) is 17.7 Å². The van der Waals surface area contributed by atoms with Gasteiger partial charge in [0.25, 0.3) is 0 Å². The summed E-state index contributed by atoms with van der Waals surface area (Å²) in [5, 5.41) is 17.8. The summed E-state index contributed by atoms with van der Waals surface area (Å²) in [5.74, 6) is -3.46. The Morgan fingerprint density at radius 3 is 2.25 bits per heavy atom. The van der Waals surface area contributed by atoms with Gasteiger partial charge < -0.3 is 14.9 Å².